The summed E-state index contributed by atoms with van der Waals surface area (Å²) in [5, 5.41) is 8.61. The van der Waals surface area contributed by atoms with Gasteiger partial charge in [0.2, 0.25) is 5.91 Å². The van der Waals surface area contributed by atoms with Crippen molar-refractivity contribution in [2.75, 3.05) is 16.0 Å². The molecule has 0 spiro atoms. The lowest BCUT2D eigenvalue weighted by Crippen LogP contribution is -2.48. The number of nitrogens with one attached hydrogen (secondary N) is 3. The summed E-state index contributed by atoms with van der Waals surface area (Å²) in [6.07, 6.45) is 5.26. The number of hydrogen-bond donors (Lipinski definition) is 4. The first kappa shape index (κ1) is 19.5. The molecule has 2 aliphatic rings. The number of carbonyl (C=O) groups is 2. The zero-order chi connectivity index (χ0) is 20.2. The van der Waals surface area contributed by atoms with Crippen LogP contribution >= 0.6 is 0 Å². The number of anilines is 3. The van der Waals surface area contributed by atoms with Crippen LogP contribution in [0.1, 0.15) is 32.1 Å². The third-order valence-electron chi connectivity index (χ3n) is 6.20. The van der Waals surface area contributed by atoms with Gasteiger partial charge in [-0.25, -0.2) is 4.79 Å². The van der Waals surface area contributed by atoms with Crippen LogP contribution in [0.15, 0.2) is 54.6 Å². The van der Waals surface area contributed by atoms with E-state index in [-0.39, 0.29) is 23.9 Å². The summed E-state index contributed by atoms with van der Waals surface area (Å²) in [6, 6.07) is 16.4. The Bertz CT molecular complexity index is 856. The molecule has 6 nitrogen and oxygen atoms in total. The smallest absolute Gasteiger partial charge is 0.323 e. The lowest BCUT2D eigenvalue weighted by atomic mass is 9.65. The minimum Gasteiger partial charge on any atom is -0.327 e. The standard InChI is InChI=1S/C23H28N4O2/c24-21-15-6-4-7-16(21)13-17(12-15)22(28)25-19-10-5-11-20(14-19)27-23(29)26-18-8-2-1-3-9-18/h1-3,5,8-11,14-17,21H,4,6-7,12-13,24H2,(H,25,28)(H2,26,27,29). The van der Waals surface area contributed by atoms with Gasteiger partial charge in [-0.3, -0.25) is 4.79 Å². The van der Waals surface area contributed by atoms with Crippen LogP contribution in [0, 0.1) is 17.8 Å². The Morgan fingerprint density at radius 1 is 0.793 bits per heavy atom. The van der Waals surface area contributed by atoms with E-state index in [1.54, 1.807) is 12.1 Å². The molecular weight excluding hydrogens is 364 g/mol. The van der Waals surface area contributed by atoms with E-state index < -0.39 is 0 Å². The van der Waals surface area contributed by atoms with Crippen molar-refractivity contribution in [2.45, 2.75) is 38.1 Å². The summed E-state index contributed by atoms with van der Waals surface area (Å²) in [5.41, 5.74) is 8.37. The SMILES string of the molecule is NC1C2CCCC1CC(C(=O)Nc1cccc(NC(=O)Nc3ccccc3)c1)C2. The number of amides is 3. The molecule has 2 unspecified atom stereocenters. The minimum absolute atomic E-state index is 0.0168. The average Bonchev–Trinajstić information content (AvgIpc) is 2.68. The van der Waals surface area contributed by atoms with Crippen LogP contribution in [0.4, 0.5) is 21.9 Å². The molecule has 3 amide bonds. The molecule has 0 aliphatic heterocycles. The van der Waals surface area contributed by atoms with E-state index in [0.717, 1.165) is 31.4 Å². The second-order valence-electron chi connectivity index (χ2n) is 8.21. The summed E-state index contributed by atoms with van der Waals surface area (Å²) >= 11 is 0. The van der Waals surface area contributed by atoms with Crippen molar-refractivity contribution >= 4 is 29.0 Å². The quantitative estimate of drug-likeness (QED) is 0.620. The van der Waals surface area contributed by atoms with Crippen LogP contribution in [-0.4, -0.2) is 18.0 Å². The maximum absolute atomic E-state index is 12.8. The molecule has 2 bridgehead atoms. The van der Waals surface area contributed by atoms with Gasteiger partial charge in [-0.05, 0) is 67.9 Å². The van der Waals surface area contributed by atoms with Crippen LogP contribution in [0.3, 0.4) is 0 Å². The monoisotopic (exact) mass is 392 g/mol. The van der Waals surface area contributed by atoms with Crippen molar-refractivity contribution in [3.8, 4) is 0 Å². The molecule has 2 fully saturated rings. The molecular formula is C23H28N4O2. The Morgan fingerprint density at radius 3 is 2.07 bits per heavy atom. The second-order valence-corrected chi connectivity index (χ2v) is 8.21. The van der Waals surface area contributed by atoms with Crippen molar-refractivity contribution in [3.63, 3.8) is 0 Å². The number of hydrogen-bond acceptors (Lipinski definition) is 3. The fourth-order valence-electron chi connectivity index (χ4n) is 4.74. The van der Waals surface area contributed by atoms with Gasteiger partial charge in [0.25, 0.3) is 0 Å². The Hall–Kier alpha value is -2.86. The lowest BCUT2D eigenvalue weighted by Gasteiger charge is -2.43. The van der Waals surface area contributed by atoms with Crippen molar-refractivity contribution in [2.24, 2.45) is 23.5 Å². The highest BCUT2D eigenvalue weighted by molar-refractivity contribution is 6.00. The van der Waals surface area contributed by atoms with Crippen molar-refractivity contribution < 1.29 is 9.59 Å². The maximum atomic E-state index is 12.8. The Balaban J connectivity index is 1.35. The number of para-hydroxylation sites is 1. The number of nitrogens with two attached hydrogens (primary N) is 1. The zero-order valence-corrected chi connectivity index (χ0v) is 16.4. The van der Waals surface area contributed by atoms with E-state index in [4.69, 9.17) is 5.73 Å². The molecule has 0 radical (unpaired) electrons. The van der Waals surface area contributed by atoms with Gasteiger partial charge in [0, 0.05) is 29.0 Å². The summed E-state index contributed by atoms with van der Waals surface area (Å²) < 4.78 is 0. The van der Waals surface area contributed by atoms with E-state index in [2.05, 4.69) is 16.0 Å². The normalized spacial score (nSPS) is 25.7. The van der Waals surface area contributed by atoms with Gasteiger partial charge in [0.15, 0.2) is 0 Å². The molecule has 152 valence electrons. The van der Waals surface area contributed by atoms with E-state index in [1.807, 2.05) is 42.5 Å². The van der Waals surface area contributed by atoms with Crippen LogP contribution in [-0.2, 0) is 4.79 Å². The molecule has 0 aromatic heterocycles. The largest absolute Gasteiger partial charge is 0.327 e. The Kier molecular flexibility index (Phi) is 5.81. The van der Waals surface area contributed by atoms with Crippen LogP contribution < -0.4 is 21.7 Å². The van der Waals surface area contributed by atoms with Gasteiger partial charge in [0.1, 0.15) is 0 Å². The molecule has 2 aromatic rings. The van der Waals surface area contributed by atoms with Gasteiger partial charge < -0.3 is 21.7 Å². The zero-order valence-electron chi connectivity index (χ0n) is 16.4. The lowest BCUT2D eigenvalue weighted by molar-refractivity contribution is -0.122. The minimum atomic E-state index is -0.325. The number of carbonyl (C=O) groups excluding carboxylic acids is 2. The molecule has 2 aromatic carbocycles. The van der Waals surface area contributed by atoms with Gasteiger partial charge in [-0.15, -0.1) is 0 Å². The van der Waals surface area contributed by atoms with Gasteiger partial charge >= 0.3 is 6.03 Å². The topological polar surface area (TPSA) is 96.2 Å². The third-order valence-corrected chi connectivity index (χ3v) is 6.20. The molecule has 5 N–H and O–H groups in total. The number of fused-ring (bicyclic) bond motifs is 2. The van der Waals surface area contributed by atoms with E-state index in [9.17, 15) is 9.59 Å². The first-order chi connectivity index (χ1) is 14.1. The van der Waals surface area contributed by atoms with Crippen molar-refractivity contribution in [1.29, 1.82) is 0 Å². The highest BCUT2D eigenvalue weighted by Gasteiger charge is 2.40. The molecule has 6 heteroatoms. The van der Waals surface area contributed by atoms with Gasteiger partial charge in [-0.2, -0.15) is 0 Å². The van der Waals surface area contributed by atoms with Crippen LogP contribution in [0.5, 0.6) is 0 Å². The molecule has 2 saturated carbocycles. The second kappa shape index (κ2) is 8.66. The average molecular weight is 393 g/mol. The van der Waals surface area contributed by atoms with E-state index in [0.29, 0.717) is 23.2 Å². The van der Waals surface area contributed by atoms with Crippen LogP contribution in [0.2, 0.25) is 0 Å². The number of benzene rings is 2. The number of urea groups is 1. The van der Waals surface area contributed by atoms with Crippen LogP contribution in [0.25, 0.3) is 0 Å². The van der Waals surface area contributed by atoms with Gasteiger partial charge in [-0.1, -0.05) is 30.7 Å². The summed E-state index contributed by atoms with van der Waals surface area (Å²) in [4.78, 5) is 25.0. The highest BCUT2D eigenvalue weighted by atomic mass is 16.2. The summed E-state index contributed by atoms with van der Waals surface area (Å²) in [7, 11) is 0. The highest BCUT2D eigenvalue weighted by Crippen LogP contribution is 2.42. The molecule has 29 heavy (non-hydrogen) atoms. The maximum Gasteiger partial charge on any atom is 0.323 e. The molecule has 4 rings (SSSR count). The third kappa shape index (κ3) is 4.77. The predicted octanol–water partition coefficient (Wildman–Crippen LogP) is 4.42. The van der Waals surface area contributed by atoms with Gasteiger partial charge in [0.05, 0.1) is 0 Å². The van der Waals surface area contributed by atoms with E-state index >= 15 is 0 Å². The Morgan fingerprint density at radius 2 is 1.38 bits per heavy atom. The van der Waals surface area contributed by atoms with Crippen molar-refractivity contribution in [3.05, 3.63) is 54.6 Å². The first-order valence-electron chi connectivity index (χ1n) is 10.4. The fraction of sp³-hybridized carbons (Fsp3) is 0.391. The summed E-state index contributed by atoms with van der Waals surface area (Å²) in [6.45, 7) is 0. The molecule has 0 heterocycles. The molecule has 2 aliphatic carbocycles. The predicted molar refractivity (Wildman–Crippen MR) is 116 cm³/mol. The number of rotatable bonds is 4. The Labute approximate surface area is 171 Å². The summed E-state index contributed by atoms with van der Waals surface area (Å²) in [5.74, 6) is 1.00. The molecule has 0 saturated heterocycles. The van der Waals surface area contributed by atoms with Crippen molar-refractivity contribution in [1.82, 2.24) is 0 Å². The fourth-order valence-corrected chi connectivity index (χ4v) is 4.74. The first-order valence-corrected chi connectivity index (χ1v) is 10.4. The molecule has 2 atom stereocenters. The van der Waals surface area contributed by atoms with E-state index in [1.165, 1.54) is 6.42 Å².